The van der Waals surface area contributed by atoms with Gasteiger partial charge >= 0.3 is 0 Å². The summed E-state index contributed by atoms with van der Waals surface area (Å²) in [4.78, 5) is 14.4. The summed E-state index contributed by atoms with van der Waals surface area (Å²) in [5.74, 6) is 0.575. The zero-order valence-electron chi connectivity index (χ0n) is 17.4. The number of carbonyl (C=O) groups excluding carboxylic acids is 1. The standard InChI is InChI=1S/C23H25FN4OS/c1-5-12-28-22(18-8-10-20(24)11-9-18)25-26-23(28)30-15-21(29)27(4)14-19-7-6-16(2)13-17(19)3/h5-11,13H,1,12,14-15H2,2-4H3. The highest BCUT2D eigenvalue weighted by Gasteiger charge is 2.17. The molecule has 0 unspecified atom stereocenters. The second-order valence-electron chi connectivity index (χ2n) is 7.18. The van der Waals surface area contributed by atoms with E-state index < -0.39 is 0 Å². The zero-order valence-corrected chi connectivity index (χ0v) is 18.2. The largest absolute Gasteiger partial charge is 0.341 e. The third kappa shape index (κ3) is 5.16. The van der Waals surface area contributed by atoms with Crippen molar-refractivity contribution in [1.29, 1.82) is 0 Å². The molecule has 1 amide bonds. The molecule has 0 fully saturated rings. The van der Waals surface area contributed by atoms with E-state index in [0.29, 0.717) is 24.1 Å². The molecule has 3 rings (SSSR count). The van der Waals surface area contributed by atoms with Crippen molar-refractivity contribution < 1.29 is 9.18 Å². The summed E-state index contributed by atoms with van der Waals surface area (Å²) < 4.78 is 15.1. The Morgan fingerprint density at radius 2 is 1.93 bits per heavy atom. The van der Waals surface area contributed by atoms with E-state index in [9.17, 15) is 9.18 Å². The van der Waals surface area contributed by atoms with Crippen molar-refractivity contribution in [3.05, 3.63) is 77.6 Å². The van der Waals surface area contributed by atoms with Crippen LogP contribution in [0.2, 0.25) is 0 Å². The molecule has 2 aromatic carbocycles. The molecule has 5 nitrogen and oxygen atoms in total. The van der Waals surface area contributed by atoms with Gasteiger partial charge in [0.25, 0.3) is 0 Å². The maximum absolute atomic E-state index is 13.2. The maximum Gasteiger partial charge on any atom is 0.233 e. The van der Waals surface area contributed by atoms with E-state index in [1.165, 1.54) is 35.0 Å². The summed E-state index contributed by atoms with van der Waals surface area (Å²) in [7, 11) is 1.81. The molecule has 156 valence electrons. The molecule has 0 saturated carbocycles. The second kappa shape index (κ2) is 9.71. The molecule has 0 radical (unpaired) electrons. The molecule has 30 heavy (non-hydrogen) atoms. The van der Waals surface area contributed by atoms with E-state index in [-0.39, 0.29) is 17.5 Å². The summed E-state index contributed by atoms with van der Waals surface area (Å²) in [6, 6.07) is 12.4. The molecule has 7 heteroatoms. The van der Waals surface area contributed by atoms with E-state index in [1.807, 2.05) is 4.57 Å². The van der Waals surface area contributed by atoms with Gasteiger partial charge in [-0.15, -0.1) is 16.8 Å². The van der Waals surface area contributed by atoms with Crippen LogP contribution in [-0.4, -0.2) is 38.4 Å². The van der Waals surface area contributed by atoms with Crippen molar-refractivity contribution in [2.24, 2.45) is 0 Å². The van der Waals surface area contributed by atoms with Gasteiger partial charge in [-0.2, -0.15) is 0 Å². The Hall–Kier alpha value is -2.93. The minimum atomic E-state index is -0.305. The topological polar surface area (TPSA) is 51.0 Å². The molecular formula is C23H25FN4OS. The molecule has 0 aliphatic carbocycles. The monoisotopic (exact) mass is 424 g/mol. The van der Waals surface area contributed by atoms with Crippen LogP contribution in [0.15, 0.2) is 60.3 Å². The van der Waals surface area contributed by atoms with Crippen LogP contribution in [0.1, 0.15) is 16.7 Å². The number of aromatic nitrogens is 3. The predicted molar refractivity (Wildman–Crippen MR) is 119 cm³/mol. The normalized spacial score (nSPS) is 10.8. The van der Waals surface area contributed by atoms with E-state index in [1.54, 1.807) is 30.2 Å². The van der Waals surface area contributed by atoms with Crippen LogP contribution >= 0.6 is 11.8 Å². The van der Waals surface area contributed by atoms with E-state index >= 15 is 0 Å². The molecule has 0 aliphatic rings. The van der Waals surface area contributed by atoms with Gasteiger partial charge in [0.2, 0.25) is 5.91 Å². The number of hydrogen-bond donors (Lipinski definition) is 0. The third-order valence-electron chi connectivity index (χ3n) is 4.79. The first-order valence-corrected chi connectivity index (χ1v) is 10.6. The lowest BCUT2D eigenvalue weighted by atomic mass is 10.1. The average molecular weight is 425 g/mol. The van der Waals surface area contributed by atoms with Crippen molar-refractivity contribution in [3.63, 3.8) is 0 Å². The smallest absolute Gasteiger partial charge is 0.233 e. The van der Waals surface area contributed by atoms with Crippen LogP contribution in [-0.2, 0) is 17.9 Å². The lowest BCUT2D eigenvalue weighted by molar-refractivity contribution is -0.127. The first kappa shape index (κ1) is 21.8. The minimum Gasteiger partial charge on any atom is -0.341 e. The Kier molecular flexibility index (Phi) is 7.05. The van der Waals surface area contributed by atoms with Crippen LogP contribution in [0.5, 0.6) is 0 Å². The Balaban J connectivity index is 1.69. The van der Waals surface area contributed by atoms with Gasteiger partial charge in [-0.3, -0.25) is 9.36 Å². The Labute approximate surface area is 180 Å². The molecule has 0 N–H and O–H groups in total. The highest BCUT2D eigenvalue weighted by Crippen LogP contribution is 2.25. The molecule has 0 bridgehead atoms. The second-order valence-corrected chi connectivity index (χ2v) is 8.12. The van der Waals surface area contributed by atoms with Crippen LogP contribution in [0.3, 0.4) is 0 Å². The average Bonchev–Trinajstić information content (AvgIpc) is 3.11. The van der Waals surface area contributed by atoms with Gasteiger partial charge in [-0.1, -0.05) is 41.6 Å². The van der Waals surface area contributed by atoms with E-state index in [0.717, 1.165) is 11.1 Å². The molecule has 0 spiro atoms. The summed E-state index contributed by atoms with van der Waals surface area (Å²) in [5.41, 5.74) is 4.28. The summed E-state index contributed by atoms with van der Waals surface area (Å²) in [6.07, 6.45) is 1.74. The molecule has 3 aromatic rings. The number of hydrogen-bond acceptors (Lipinski definition) is 4. The van der Waals surface area contributed by atoms with Gasteiger partial charge < -0.3 is 4.90 Å². The molecule has 0 atom stereocenters. The first-order valence-electron chi connectivity index (χ1n) is 9.62. The fraction of sp³-hybridized carbons (Fsp3) is 0.261. The van der Waals surface area contributed by atoms with Gasteiger partial charge in [-0.25, -0.2) is 4.39 Å². The molecule has 0 saturated heterocycles. The molecular weight excluding hydrogens is 399 g/mol. The van der Waals surface area contributed by atoms with Gasteiger partial charge in [-0.05, 0) is 49.2 Å². The van der Waals surface area contributed by atoms with Crippen molar-refractivity contribution in [1.82, 2.24) is 19.7 Å². The highest BCUT2D eigenvalue weighted by molar-refractivity contribution is 7.99. The number of aryl methyl sites for hydroxylation is 2. The molecule has 1 aromatic heterocycles. The van der Waals surface area contributed by atoms with E-state index in [2.05, 4.69) is 48.8 Å². The van der Waals surface area contributed by atoms with Gasteiger partial charge in [0.05, 0.1) is 5.75 Å². The van der Waals surface area contributed by atoms with Crippen molar-refractivity contribution >= 4 is 17.7 Å². The Bertz CT molecular complexity index is 1050. The van der Waals surface area contributed by atoms with Gasteiger partial charge in [0.1, 0.15) is 5.82 Å². The fourth-order valence-corrected chi connectivity index (χ4v) is 3.99. The van der Waals surface area contributed by atoms with Crippen molar-refractivity contribution in [3.8, 4) is 11.4 Å². The number of amides is 1. The molecule has 1 heterocycles. The van der Waals surface area contributed by atoms with Gasteiger partial charge in [0, 0.05) is 25.7 Å². The number of allylic oxidation sites excluding steroid dienone is 1. The first-order chi connectivity index (χ1) is 14.4. The summed E-state index contributed by atoms with van der Waals surface area (Å²) >= 11 is 1.34. The summed E-state index contributed by atoms with van der Waals surface area (Å²) in [6.45, 7) is 8.96. The number of rotatable bonds is 8. The van der Waals surface area contributed by atoms with Crippen LogP contribution < -0.4 is 0 Å². The lowest BCUT2D eigenvalue weighted by Gasteiger charge is -2.18. The SMILES string of the molecule is C=CCn1c(SCC(=O)N(C)Cc2ccc(C)cc2C)nnc1-c1ccc(F)cc1. The maximum atomic E-state index is 13.2. The lowest BCUT2D eigenvalue weighted by Crippen LogP contribution is -2.28. The fourth-order valence-electron chi connectivity index (χ4n) is 3.11. The van der Waals surface area contributed by atoms with Crippen molar-refractivity contribution in [2.45, 2.75) is 32.1 Å². The summed E-state index contributed by atoms with van der Waals surface area (Å²) in [5, 5.41) is 9.11. The van der Waals surface area contributed by atoms with Crippen LogP contribution in [0.4, 0.5) is 4.39 Å². The number of carbonyl (C=O) groups is 1. The zero-order chi connectivity index (χ0) is 21.7. The minimum absolute atomic E-state index is 0.0106. The van der Waals surface area contributed by atoms with Crippen LogP contribution in [0, 0.1) is 19.7 Å². The van der Waals surface area contributed by atoms with Crippen molar-refractivity contribution in [2.75, 3.05) is 12.8 Å². The Morgan fingerprint density at radius 3 is 2.60 bits per heavy atom. The Morgan fingerprint density at radius 1 is 1.20 bits per heavy atom. The van der Waals surface area contributed by atoms with Gasteiger partial charge in [0.15, 0.2) is 11.0 Å². The number of nitrogens with zero attached hydrogens (tertiary/aromatic N) is 4. The number of thioether (sulfide) groups is 1. The third-order valence-corrected chi connectivity index (χ3v) is 5.74. The highest BCUT2D eigenvalue weighted by atomic mass is 32.2. The predicted octanol–water partition coefficient (Wildman–Crippen LogP) is 4.64. The quantitative estimate of drug-likeness (QED) is 0.391. The van der Waals surface area contributed by atoms with Crippen LogP contribution in [0.25, 0.3) is 11.4 Å². The number of benzene rings is 2. The molecule has 0 aliphatic heterocycles. The van der Waals surface area contributed by atoms with E-state index in [4.69, 9.17) is 0 Å². The number of halogens is 1.